The molecule has 0 atom stereocenters. The summed E-state index contributed by atoms with van der Waals surface area (Å²) in [5.74, 6) is -0.325. The van der Waals surface area contributed by atoms with Crippen molar-refractivity contribution in [1.29, 1.82) is 0 Å². The van der Waals surface area contributed by atoms with Gasteiger partial charge in [0.2, 0.25) is 0 Å². The topological polar surface area (TPSA) is 83.5 Å². The van der Waals surface area contributed by atoms with Crippen molar-refractivity contribution in [3.63, 3.8) is 0 Å². The molecule has 5 nitrogen and oxygen atoms in total. The van der Waals surface area contributed by atoms with Crippen molar-refractivity contribution in [2.24, 2.45) is 0 Å². The van der Waals surface area contributed by atoms with Gasteiger partial charge in [-0.1, -0.05) is 57.2 Å². The second-order valence-corrected chi connectivity index (χ2v) is 8.09. The Morgan fingerprint density at radius 3 is 2.30 bits per heavy atom. The molecule has 0 aliphatic carbocycles. The summed E-state index contributed by atoms with van der Waals surface area (Å²) < 4.78 is 31.4. The first-order valence-electron chi connectivity index (χ1n) is 9.38. The summed E-state index contributed by atoms with van der Waals surface area (Å²) in [5, 5.41) is 2.65. The molecule has 0 aliphatic rings. The Hall–Kier alpha value is -2.18. The number of benzene rings is 2. The molecule has 2 N–H and O–H groups in total. The lowest BCUT2D eigenvalue weighted by molar-refractivity contribution is 0.102. The zero-order valence-corrected chi connectivity index (χ0v) is 16.5. The smallest absolute Gasteiger partial charge is 0.294 e. The fourth-order valence-corrected chi connectivity index (χ4v) is 3.40. The fourth-order valence-electron chi connectivity index (χ4n) is 2.87. The predicted molar refractivity (Wildman–Crippen MR) is 108 cm³/mol. The average molecular weight is 390 g/mol. The van der Waals surface area contributed by atoms with Crippen LogP contribution in [0.2, 0.25) is 0 Å². The Morgan fingerprint density at radius 1 is 0.963 bits per heavy atom. The number of hydrogen-bond donors (Lipinski definition) is 2. The molecule has 0 saturated heterocycles. The van der Waals surface area contributed by atoms with E-state index < -0.39 is 10.1 Å². The van der Waals surface area contributed by atoms with Gasteiger partial charge in [-0.05, 0) is 48.7 Å². The van der Waals surface area contributed by atoms with Crippen molar-refractivity contribution >= 4 is 21.7 Å². The molecule has 146 valence electrons. The molecule has 2 aromatic carbocycles. The van der Waals surface area contributed by atoms with Crippen molar-refractivity contribution in [2.45, 2.75) is 56.8 Å². The van der Waals surface area contributed by atoms with Crippen LogP contribution in [-0.2, 0) is 16.5 Å². The Labute approximate surface area is 161 Å². The normalized spacial score (nSPS) is 11.3. The number of amides is 1. The third-order valence-electron chi connectivity index (χ3n) is 4.42. The molecule has 0 unspecified atom stereocenters. The average Bonchev–Trinajstić information content (AvgIpc) is 2.64. The summed E-state index contributed by atoms with van der Waals surface area (Å²) in [6, 6.07) is 13.0. The van der Waals surface area contributed by atoms with Gasteiger partial charge in [-0.15, -0.1) is 0 Å². The molecule has 0 spiro atoms. The minimum Gasteiger partial charge on any atom is -0.322 e. The summed E-state index contributed by atoms with van der Waals surface area (Å²) in [6.07, 6.45) is 8.51. The molecule has 0 saturated carbocycles. The van der Waals surface area contributed by atoms with Crippen LogP contribution >= 0.6 is 0 Å². The maximum absolute atomic E-state index is 12.3. The Balaban J connectivity index is 1.88. The number of carbonyl (C=O) groups is 1. The molecule has 0 heterocycles. The number of rotatable bonds is 10. The first kappa shape index (κ1) is 21.1. The first-order valence-corrected chi connectivity index (χ1v) is 10.8. The van der Waals surface area contributed by atoms with Gasteiger partial charge in [0.25, 0.3) is 16.0 Å². The van der Waals surface area contributed by atoms with Crippen LogP contribution in [-0.4, -0.2) is 18.9 Å². The van der Waals surface area contributed by atoms with Crippen LogP contribution in [0.25, 0.3) is 0 Å². The Morgan fingerprint density at radius 2 is 1.63 bits per heavy atom. The molecule has 6 heteroatoms. The lowest BCUT2D eigenvalue weighted by Crippen LogP contribution is -2.12. The molecule has 2 rings (SSSR count). The highest BCUT2D eigenvalue weighted by molar-refractivity contribution is 7.85. The van der Waals surface area contributed by atoms with Gasteiger partial charge in [0.05, 0.1) is 4.90 Å². The van der Waals surface area contributed by atoms with Crippen LogP contribution in [0.5, 0.6) is 0 Å². The molecular formula is C21H27NO4S. The minimum atomic E-state index is -4.30. The molecule has 1 amide bonds. The van der Waals surface area contributed by atoms with Crippen LogP contribution < -0.4 is 5.32 Å². The third kappa shape index (κ3) is 7.15. The Kier molecular flexibility index (Phi) is 8.00. The standard InChI is InChI=1S/C21H27NO4S/c1-2-3-4-5-6-7-9-17-12-14-18(15-13-17)21(23)22-19-10-8-11-20(16-19)27(24,25)26/h8,10-16H,2-7,9H2,1H3,(H,22,23)(H,24,25,26). The summed E-state index contributed by atoms with van der Waals surface area (Å²) in [7, 11) is -4.30. The zero-order chi connectivity index (χ0) is 19.7. The SMILES string of the molecule is CCCCCCCCc1ccc(C(=O)Nc2cccc(S(=O)(=O)O)c2)cc1. The number of nitrogens with one attached hydrogen (secondary N) is 1. The van der Waals surface area contributed by atoms with Gasteiger partial charge in [0.1, 0.15) is 0 Å². The molecule has 0 bridgehead atoms. The van der Waals surface area contributed by atoms with Gasteiger partial charge in [0.15, 0.2) is 0 Å². The summed E-state index contributed by atoms with van der Waals surface area (Å²) >= 11 is 0. The predicted octanol–water partition coefficient (Wildman–Crippen LogP) is 5.09. The van der Waals surface area contributed by atoms with E-state index in [0.29, 0.717) is 11.3 Å². The second-order valence-electron chi connectivity index (χ2n) is 6.67. The fraction of sp³-hybridized carbons (Fsp3) is 0.381. The van der Waals surface area contributed by atoms with Crippen molar-refractivity contribution in [2.75, 3.05) is 5.32 Å². The van der Waals surface area contributed by atoms with Crippen molar-refractivity contribution in [1.82, 2.24) is 0 Å². The van der Waals surface area contributed by atoms with E-state index in [0.717, 1.165) is 12.8 Å². The first-order chi connectivity index (χ1) is 12.9. The van der Waals surface area contributed by atoms with Crippen molar-refractivity contribution in [3.05, 3.63) is 59.7 Å². The lowest BCUT2D eigenvalue weighted by Gasteiger charge is -2.07. The third-order valence-corrected chi connectivity index (χ3v) is 5.27. The number of aryl methyl sites for hydroxylation is 1. The monoisotopic (exact) mass is 389 g/mol. The maximum Gasteiger partial charge on any atom is 0.294 e. The largest absolute Gasteiger partial charge is 0.322 e. The number of carbonyl (C=O) groups excluding carboxylic acids is 1. The van der Waals surface area contributed by atoms with Crippen LogP contribution in [0.15, 0.2) is 53.4 Å². The van der Waals surface area contributed by atoms with Gasteiger partial charge in [0, 0.05) is 11.3 Å². The van der Waals surface area contributed by atoms with Crippen LogP contribution in [0, 0.1) is 0 Å². The van der Waals surface area contributed by atoms with Gasteiger partial charge in [-0.2, -0.15) is 8.42 Å². The van der Waals surface area contributed by atoms with Gasteiger partial charge in [-0.3, -0.25) is 9.35 Å². The molecule has 0 aromatic heterocycles. The van der Waals surface area contributed by atoms with E-state index in [2.05, 4.69) is 12.2 Å². The molecule has 2 aromatic rings. The van der Waals surface area contributed by atoms with E-state index >= 15 is 0 Å². The van der Waals surface area contributed by atoms with Gasteiger partial charge < -0.3 is 5.32 Å². The molecular weight excluding hydrogens is 362 g/mol. The van der Waals surface area contributed by atoms with E-state index in [1.165, 1.54) is 55.9 Å². The number of unbranched alkanes of at least 4 members (excludes halogenated alkanes) is 5. The lowest BCUT2D eigenvalue weighted by atomic mass is 10.0. The molecule has 0 aliphatic heterocycles. The minimum absolute atomic E-state index is 0.255. The van der Waals surface area contributed by atoms with E-state index in [1.54, 1.807) is 18.2 Å². The van der Waals surface area contributed by atoms with Crippen LogP contribution in [0.3, 0.4) is 0 Å². The summed E-state index contributed by atoms with van der Waals surface area (Å²) in [6.45, 7) is 2.21. The van der Waals surface area contributed by atoms with E-state index in [4.69, 9.17) is 4.55 Å². The molecule has 0 radical (unpaired) electrons. The second kappa shape index (κ2) is 10.2. The van der Waals surface area contributed by atoms with Crippen molar-refractivity contribution < 1.29 is 17.8 Å². The van der Waals surface area contributed by atoms with E-state index in [-0.39, 0.29) is 10.8 Å². The summed E-state index contributed by atoms with van der Waals surface area (Å²) in [5.41, 5.74) is 2.01. The van der Waals surface area contributed by atoms with Crippen LogP contribution in [0.4, 0.5) is 5.69 Å². The quantitative estimate of drug-likeness (QED) is 0.438. The maximum atomic E-state index is 12.3. The number of hydrogen-bond acceptors (Lipinski definition) is 3. The zero-order valence-electron chi connectivity index (χ0n) is 15.6. The van der Waals surface area contributed by atoms with E-state index in [9.17, 15) is 13.2 Å². The van der Waals surface area contributed by atoms with Crippen LogP contribution in [0.1, 0.15) is 61.4 Å². The number of anilines is 1. The highest BCUT2D eigenvalue weighted by atomic mass is 32.2. The highest BCUT2D eigenvalue weighted by Crippen LogP contribution is 2.17. The molecule has 27 heavy (non-hydrogen) atoms. The summed E-state index contributed by atoms with van der Waals surface area (Å²) in [4.78, 5) is 12.1. The van der Waals surface area contributed by atoms with Gasteiger partial charge in [-0.25, -0.2) is 0 Å². The highest BCUT2D eigenvalue weighted by Gasteiger charge is 2.11. The Bertz CT molecular complexity index is 845. The van der Waals surface area contributed by atoms with Crippen molar-refractivity contribution in [3.8, 4) is 0 Å². The van der Waals surface area contributed by atoms with Gasteiger partial charge >= 0.3 is 0 Å². The van der Waals surface area contributed by atoms with E-state index in [1.807, 2.05) is 12.1 Å². The molecule has 0 fully saturated rings.